The van der Waals surface area contributed by atoms with Crippen LogP contribution in [-0.4, -0.2) is 32.6 Å². The van der Waals surface area contributed by atoms with Crippen LogP contribution in [-0.2, 0) is 6.54 Å². The number of halogens is 1. The molecule has 0 aromatic carbocycles. The summed E-state index contributed by atoms with van der Waals surface area (Å²) in [6.45, 7) is 7.36. The van der Waals surface area contributed by atoms with Crippen molar-refractivity contribution in [3.8, 4) is 0 Å². The lowest BCUT2D eigenvalue weighted by atomic mass is 10.3. The van der Waals surface area contributed by atoms with Crippen LogP contribution in [0.5, 0.6) is 0 Å². The van der Waals surface area contributed by atoms with Crippen molar-refractivity contribution in [2.45, 2.75) is 26.8 Å². The molecule has 92 valence electrons. The summed E-state index contributed by atoms with van der Waals surface area (Å²) in [5.41, 5.74) is 1.88. The van der Waals surface area contributed by atoms with Gasteiger partial charge in [0.15, 0.2) is 5.65 Å². The standard InChI is InChI=1S/C12H17ClN4/c1-3-7-16(4-2)8-10-9-17-12(14-10)6-5-11(13)15-17/h5-6,9H,3-4,7-8H2,1-2H3. The van der Waals surface area contributed by atoms with Gasteiger partial charge in [0.05, 0.1) is 11.9 Å². The maximum atomic E-state index is 5.84. The average molecular weight is 253 g/mol. The number of hydrogen-bond donors (Lipinski definition) is 0. The molecule has 0 aliphatic heterocycles. The van der Waals surface area contributed by atoms with E-state index in [1.807, 2.05) is 12.3 Å². The fourth-order valence-electron chi connectivity index (χ4n) is 1.88. The minimum Gasteiger partial charge on any atom is -0.298 e. The third-order valence-electron chi connectivity index (χ3n) is 2.71. The summed E-state index contributed by atoms with van der Waals surface area (Å²) in [7, 11) is 0. The van der Waals surface area contributed by atoms with E-state index in [1.165, 1.54) is 0 Å². The van der Waals surface area contributed by atoms with E-state index in [0.29, 0.717) is 5.15 Å². The maximum Gasteiger partial charge on any atom is 0.153 e. The number of fused-ring (bicyclic) bond motifs is 1. The summed E-state index contributed by atoms with van der Waals surface area (Å²) in [4.78, 5) is 6.89. The van der Waals surface area contributed by atoms with Gasteiger partial charge in [-0.1, -0.05) is 25.4 Å². The Balaban J connectivity index is 2.18. The van der Waals surface area contributed by atoms with E-state index in [-0.39, 0.29) is 0 Å². The van der Waals surface area contributed by atoms with Crippen LogP contribution in [0.1, 0.15) is 26.0 Å². The van der Waals surface area contributed by atoms with Crippen LogP contribution in [0.3, 0.4) is 0 Å². The lowest BCUT2D eigenvalue weighted by Crippen LogP contribution is -2.23. The summed E-state index contributed by atoms with van der Waals surface area (Å²) in [6, 6.07) is 3.65. The molecule has 2 rings (SSSR count). The van der Waals surface area contributed by atoms with E-state index in [2.05, 4.69) is 28.8 Å². The maximum absolute atomic E-state index is 5.84. The lowest BCUT2D eigenvalue weighted by molar-refractivity contribution is 0.278. The van der Waals surface area contributed by atoms with Crippen molar-refractivity contribution in [3.05, 3.63) is 29.2 Å². The largest absolute Gasteiger partial charge is 0.298 e. The van der Waals surface area contributed by atoms with E-state index in [1.54, 1.807) is 10.6 Å². The molecule has 0 radical (unpaired) electrons. The number of hydrogen-bond acceptors (Lipinski definition) is 3. The molecule has 0 unspecified atom stereocenters. The van der Waals surface area contributed by atoms with Crippen molar-refractivity contribution in [2.75, 3.05) is 13.1 Å². The predicted octanol–water partition coefficient (Wildman–Crippen LogP) is 2.61. The highest BCUT2D eigenvalue weighted by Gasteiger charge is 2.07. The molecule has 0 N–H and O–H groups in total. The van der Waals surface area contributed by atoms with Crippen molar-refractivity contribution in [1.29, 1.82) is 0 Å². The SMILES string of the molecule is CCCN(CC)Cc1cn2nc(Cl)ccc2n1. The zero-order valence-electron chi connectivity index (χ0n) is 10.2. The van der Waals surface area contributed by atoms with Crippen LogP contribution in [0.15, 0.2) is 18.3 Å². The molecule has 2 aromatic heterocycles. The van der Waals surface area contributed by atoms with Crippen LogP contribution in [0.4, 0.5) is 0 Å². The van der Waals surface area contributed by atoms with Crippen LogP contribution >= 0.6 is 11.6 Å². The van der Waals surface area contributed by atoms with Gasteiger partial charge < -0.3 is 0 Å². The number of imidazole rings is 1. The predicted molar refractivity (Wildman–Crippen MR) is 69.2 cm³/mol. The first-order valence-corrected chi connectivity index (χ1v) is 6.34. The first-order chi connectivity index (χ1) is 8.22. The molecule has 17 heavy (non-hydrogen) atoms. The Kier molecular flexibility index (Phi) is 3.97. The molecular formula is C12H17ClN4. The van der Waals surface area contributed by atoms with Gasteiger partial charge in [-0.3, -0.25) is 4.90 Å². The molecule has 0 amide bonds. The summed E-state index contributed by atoms with van der Waals surface area (Å²) >= 11 is 5.84. The molecule has 0 atom stereocenters. The second-order valence-corrected chi connectivity index (χ2v) is 4.45. The quantitative estimate of drug-likeness (QED) is 0.820. The highest BCUT2D eigenvalue weighted by atomic mass is 35.5. The van der Waals surface area contributed by atoms with Crippen LogP contribution < -0.4 is 0 Å². The minimum atomic E-state index is 0.488. The summed E-state index contributed by atoms with van der Waals surface area (Å²) in [5.74, 6) is 0. The van der Waals surface area contributed by atoms with Gasteiger partial charge in [-0.25, -0.2) is 9.50 Å². The Morgan fingerprint density at radius 2 is 2.18 bits per heavy atom. The highest BCUT2D eigenvalue weighted by molar-refractivity contribution is 6.29. The van der Waals surface area contributed by atoms with Crippen molar-refractivity contribution in [2.24, 2.45) is 0 Å². The van der Waals surface area contributed by atoms with E-state index in [4.69, 9.17) is 11.6 Å². The molecule has 0 saturated carbocycles. The third-order valence-corrected chi connectivity index (χ3v) is 2.91. The smallest absolute Gasteiger partial charge is 0.153 e. The molecule has 2 aromatic rings. The molecule has 0 bridgehead atoms. The number of nitrogens with zero attached hydrogens (tertiary/aromatic N) is 4. The zero-order valence-corrected chi connectivity index (χ0v) is 11.0. The second kappa shape index (κ2) is 5.47. The first-order valence-electron chi connectivity index (χ1n) is 5.96. The number of aromatic nitrogens is 3. The van der Waals surface area contributed by atoms with E-state index < -0.39 is 0 Å². The van der Waals surface area contributed by atoms with Crippen molar-refractivity contribution in [3.63, 3.8) is 0 Å². The van der Waals surface area contributed by atoms with E-state index in [9.17, 15) is 0 Å². The van der Waals surface area contributed by atoms with Crippen molar-refractivity contribution >= 4 is 17.2 Å². The molecule has 0 aliphatic carbocycles. The Morgan fingerprint density at radius 1 is 1.35 bits per heavy atom. The Labute approximate surface area is 106 Å². The molecule has 4 nitrogen and oxygen atoms in total. The van der Waals surface area contributed by atoms with Crippen molar-refractivity contribution < 1.29 is 0 Å². The minimum absolute atomic E-state index is 0.488. The fraction of sp³-hybridized carbons (Fsp3) is 0.500. The Bertz CT molecular complexity index is 494. The summed E-state index contributed by atoms with van der Waals surface area (Å²) in [6.07, 6.45) is 3.10. The fourth-order valence-corrected chi connectivity index (χ4v) is 2.02. The zero-order chi connectivity index (χ0) is 12.3. The monoisotopic (exact) mass is 252 g/mol. The summed E-state index contributed by atoms with van der Waals surface area (Å²) < 4.78 is 1.73. The lowest BCUT2D eigenvalue weighted by Gasteiger charge is -2.17. The molecule has 2 heterocycles. The highest BCUT2D eigenvalue weighted by Crippen LogP contribution is 2.10. The van der Waals surface area contributed by atoms with Crippen LogP contribution in [0, 0.1) is 0 Å². The Hall–Kier alpha value is -1.13. The van der Waals surface area contributed by atoms with Crippen LogP contribution in [0.2, 0.25) is 5.15 Å². The number of rotatable bonds is 5. The third kappa shape index (κ3) is 2.96. The molecule has 0 spiro atoms. The van der Waals surface area contributed by atoms with Gasteiger partial charge in [0, 0.05) is 6.54 Å². The first kappa shape index (κ1) is 12.3. The molecule has 5 heteroatoms. The van der Waals surface area contributed by atoms with Gasteiger partial charge in [-0.15, -0.1) is 0 Å². The van der Waals surface area contributed by atoms with Gasteiger partial charge in [0.1, 0.15) is 5.15 Å². The van der Waals surface area contributed by atoms with Gasteiger partial charge in [0.25, 0.3) is 0 Å². The molecule has 0 aliphatic rings. The van der Waals surface area contributed by atoms with Gasteiger partial charge >= 0.3 is 0 Å². The van der Waals surface area contributed by atoms with E-state index >= 15 is 0 Å². The van der Waals surface area contributed by atoms with Crippen molar-refractivity contribution in [1.82, 2.24) is 19.5 Å². The average Bonchev–Trinajstić information content (AvgIpc) is 2.69. The van der Waals surface area contributed by atoms with E-state index in [0.717, 1.165) is 37.4 Å². The van der Waals surface area contributed by atoms with Gasteiger partial charge in [0.2, 0.25) is 0 Å². The molecular weight excluding hydrogens is 236 g/mol. The van der Waals surface area contributed by atoms with Gasteiger partial charge in [-0.05, 0) is 31.6 Å². The normalized spacial score (nSPS) is 11.5. The molecule has 0 saturated heterocycles. The topological polar surface area (TPSA) is 33.4 Å². The summed E-state index contributed by atoms with van der Waals surface area (Å²) in [5, 5.41) is 4.66. The Morgan fingerprint density at radius 3 is 2.88 bits per heavy atom. The molecule has 0 fully saturated rings. The second-order valence-electron chi connectivity index (χ2n) is 4.06. The van der Waals surface area contributed by atoms with Crippen LogP contribution in [0.25, 0.3) is 5.65 Å². The van der Waals surface area contributed by atoms with Gasteiger partial charge in [-0.2, -0.15) is 5.10 Å².